The van der Waals surface area contributed by atoms with Gasteiger partial charge in [-0.05, 0) is 25.3 Å². The van der Waals surface area contributed by atoms with Crippen molar-refractivity contribution in [3.8, 4) is 11.3 Å². The van der Waals surface area contributed by atoms with Crippen molar-refractivity contribution in [2.45, 2.75) is 31.7 Å². The molecule has 1 atom stereocenters. The second-order valence-electron chi connectivity index (χ2n) is 7.42. The van der Waals surface area contributed by atoms with Crippen LogP contribution in [0.5, 0.6) is 0 Å². The number of aromatic amines is 1. The number of fused-ring (bicyclic) bond motifs is 1. The predicted molar refractivity (Wildman–Crippen MR) is 115 cm³/mol. The number of carbonyl (C=O) groups excluding carboxylic acids is 1. The summed E-state index contributed by atoms with van der Waals surface area (Å²) < 4.78 is 0. The lowest BCUT2D eigenvalue weighted by Gasteiger charge is -2.17. The van der Waals surface area contributed by atoms with E-state index in [2.05, 4.69) is 26.0 Å². The van der Waals surface area contributed by atoms with E-state index < -0.39 is 0 Å². The van der Waals surface area contributed by atoms with Crippen molar-refractivity contribution in [1.82, 2.24) is 19.9 Å². The van der Waals surface area contributed by atoms with Crippen LogP contribution in [0.4, 0.5) is 5.95 Å². The lowest BCUT2D eigenvalue weighted by atomic mass is 10.1. The van der Waals surface area contributed by atoms with Crippen molar-refractivity contribution in [2.24, 2.45) is 0 Å². The number of benzene rings is 1. The van der Waals surface area contributed by atoms with Crippen molar-refractivity contribution < 1.29 is 22.9 Å². The van der Waals surface area contributed by atoms with E-state index in [1.165, 1.54) is 0 Å². The number of unbranched alkanes of at least 4 members (excludes halogenated alkanes) is 1. The fraction of sp³-hybridized carbons (Fsp3) is 0.381. The van der Waals surface area contributed by atoms with Crippen LogP contribution in [0.2, 0.25) is 5.02 Å². The minimum atomic E-state index is 0. The molecule has 30 heavy (non-hydrogen) atoms. The molecule has 0 bridgehead atoms. The van der Waals surface area contributed by atoms with Gasteiger partial charge in [0.1, 0.15) is 0 Å². The maximum absolute atomic E-state index is 12.3. The van der Waals surface area contributed by atoms with Crippen molar-refractivity contribution in [3.63, 3.8) is 0 Å². The molecule has 9 heteroatoms. The molecule has 0 aliphatic carbocycles. The third-order valence-corrected chi connectivity index (χ3v) is 5.63. The second-order valence-corrected chi connectivity index (χ2v) is 7.83. The van der Waals surface area contributed by atoms with E-state index in [4.69, 9.17) is 11.6 Å². The number of quaternary nitrogens is 1. The Morgan fingerprint density at radius 1 is 1.33 bits per heavy atom. The summed E-state index contributed by atoms with van der Waals surface area (Å²) in [6, 6.07) is 8.19. The van der Waals surface area contributed by atoms with Gasteiger partial charge in [0.15, 0.2) is 0 Å². The maximum atomic E-state index is 12.3. The van der Waals surface area contributed by atoms with Crippen LogP contribution in [-0.4, -0.2) is 51.4 Å². The van der Waals surface area contributed by atoms with Gasteiger partial charge in [0.25, 0.3) is 0 Å². The normalized spacial score (nSPS) is 15.9. The SMILES string of the molecule is [Cl-].[NH3+]CCCCC(=O)N1CC[C@@H](Nc2ncc(Cl)c(-c3c[nH]c4ccccc34)n2)C1. The van der Waals surface area contributed by atoms with E-state index in [9.17, 15) is 4.79 Å². The monoisotopic (exact) mass is 448 g/mol. The highest BCUT2D eigenvalue weighted by atomic mass is 35.5. The van der Waals surface area contributed by atoms with Crippen LogP contribution in [0.15, 0.2) is 36.7 Å². The highest BCUT2D eigenvalue weighted by Gasteiger charge is 2.26. The molecule has 2 aromatic heterocycles. The number of amides is 1. The Bertz CT molecular complexity index is 1010. The number of para-hydroxylation sites is 1. The first-order chi connectivity index (χ1) is 14.2. The minimum absolute atomic E-state index is 0. The van der Waals surface area contributed by atoms with Crippen molar-refractivity contribution in [2.75, 3.05) is 25.0 Å². The van der Waals surface area contributed by atoms with Gasteiger partial charge in [-0.25, -0.2) is 9.97 Å². The summed E-state index contributed by atoms with van der Waals surface area (Å²) in [5.41, 5.74) is 6.51. The van der Waals surface area contributed by atoms with Crippen LogP contribution in [0.25, 0.3) is 22.2 Å². The number of hydrogen-bond donors (Lipinski definition) is 3. The molecule has 1 fully saturated rings. The summed E-state index contributed by atoms with van der Waals surface area (Å²) in [5.74, 6) is 0.755. The fourth-order valence-electron chi connectivity index (χ4n) is 3.79. The topological polar surface area (TPSA) is 102 Å². The molecule has 1 aromatic carbocycles. The van der Waals surface area contributed by atoms with E-state index >= 15 is 0 Å². The van der Waals surface area contributed by atoms with E-state index in [1.807, 2.05) is 35.4 Å². The van der Waals surface area contributed by atoms with Gasteiger partial charge in [-0.1, -0.05) is 29.8 Å². The molecule has 0 radical (unpaired) electrons. The zero-order valence-corrected chi connectivity index (χ0v) is 18.2. The van der Waals surface area contributed by atoms with E-state index in [-0.39, 0.29) is 24.4 Å². The van der Waals surface area contributed by atoms with Crippen LogP contribution in [0.3, 0.4) is 0 Å². The zero-order valence-electron chi connectivity index (χ0n) is 16.7. The Morgan fingerprint density at radius 2 is 2.17 bits per heavy atom. The average Bonchev–Trinajstić information content (AvgIpc) is 3.37. The highest BCUT2D eigenvalue weighted by molar-refractivity contribution is 6.33. The van der Waals surface area contributed by atoms with E-state index in [0.29, 0.717) is 29.6 Å². The molecule has 0 spiro atoms. The van der Waals surface area contributed by atoms with Gasteiger partial charge in [-0.3, -0.25) is 4.79 Å². The fourth-order valence-corrected chi connectivity index (χ4v) is 3.98. The first-order valence-corrected chi connectivity index (χ1v) is 10.5. The number of rotatable bonds is 7. The predicted octanol–water partition coefficient (Wildman–Crippen LogP) is -0.293. The zero-order chi connectivity index (χ0) is 20.2. The molecule has 7 nitrogen and oxygen atoms in total. The first-order valence-electron chi connectivity index (χ1n) is 10.1. The van der Waals surface area contributed by atoms with Crippen molar-refractivity contribution >= 4 is 34.4 Å². The molecule has 5 N–H and O–H groups in total. The van der Waals surface area contributed by atoms with Gasteiger partial charge in [0.2, 0.25) is 11.9 Å². The summed E-state index contributed by atoms with van der Waals surface area (Å²) in [6.07, 6.45) is 6.94. The van der Waals surface area contributed by atoms with E-state index in [0.717, 1.165) is 48.8 Å². The largest absolute Gasteiger partial charge is 1.00 e. The Labute approximate surface area is 186 Å². The minimum Gasteiger partial charge on any atom is -1.00 e. The lowest BCUT2D eigenvalue weighted by Crippen LogP contribution is -3.00. The first kappa shape index (κ1) is 22.3. The van der Waals surface area contributed by atoms with Crippen LogP contribution in [0, 0.1) is 0 Å². The van der Waals surface area contributed by atoms with Crippen LogP contribution >= 0.6 is 11.6 Å². The number of likely N-dealkylation sites (tertiary alicyclic amines) is 1. The quantitative estimate of drug-likeness (QED) is 0.432. The van der Waals surface area contributed by atoms with Gasteiger partial charge in [-0.15, -0.1) is 0 Å². The Kier molecular flexibility index (Phi) is 7.53. The summed E-state index contributed by atoms with van der Waals surface area (Å²) in [4.78, 5) is 26.5. The Hall–Kier alpha value is -2.35. The number of carbonyl (C=O) groups is 1. The smallest absolute Gasteiger partial charge is 0.223 e. The lowest BCUT2D eigenvalue weighted by molar-refractivity contribution is -0.368. The van der Waals surface area contributed by atoms with Gasteiger partial charge in [-0.2, -0.15) is 0 Å². The molecule has 160 valence electrons. The summed E-state index contributed by atoms with van der Waals surface area (Å²) >= 11 is 6.41. The molecule has 1 saturated heterocycles. The molecule has 1 aliphatic heterocycles. The average molecular weight is 449 g/mol. The third kappa shape index (κ3) is 4.86. The molecule has 0 unspecified atom stereocenters. The van der Waals surface area contributed by atoms with Gasteiger partial charge in [0.05, 0.1) is 23.5 Å². The number of H-pyrrole nitrogens is 1. The van der Waals surface area contributed by atoms with E-state index in [1.54, 1.807) is 6.20 Å². The van der Waals surface area contributed by atoms with Crippen molar-refractivity contribution in [1.29, 1.82) is 0 Å². The van der Waals surface area contributed by atoms with Crippen LogP contribution in [0.1, 0.15) is 25.7 Å². The molecule has 3 aromatic rings. The molecule has 1 amide bonds. The standard InChI is InChI=1S/C21H25ClN6O.ClH/c22-17-12-25-21(26-14-8-10-28(13-14)19(29)7-3-4-9-23)27-20(17)16-11-24-18-6-2-1-5-15(16)18;/h1-2,5-6,11-12,14,24H,3-4,7-10,13,23H2,(H,25,26,27);1H/t14-;/m1./s1. The van der Waals surface area contributed by atoms with Gasteiger partial charge < -0.3 is 33.3 Å². The van der Waals surface area contributed by atoms with Crippen LogP contribution < -0.4 is 23.5 Å². The van der Waals surface area contributed by atoms with Crippen LogP contribution in [-0.2, 0) is 4.79 Å². The number of halogens is 2. The Morgan fingerprint density at radius 3 is 3.00 bits per heavy atom. The number of aromatic nitrogens is 3. The maximum Gasteiger partial charge on any atom is 0.223 e. The number of nitrogens with one attached hydrogen (secondary N) is 2. The molecular formula is C21H26Cl2N6O. The van der Waals surface area contributed by atoms with Crippen molar-refractivity contribution in [3.05, 3.63) is 41.7 Å². The molecule has 0 saturated carbocycles. The molecular weight excluding hydrogens is 423 g/mol. The third-order valence-electron chi connectivity index (χ3n) is 5.35. The second kappa shape index (κ2) is 10.1. The number of hydrogen-bond acceptors (Lipinski definition) is 4. The molecule has 3 heterocycles. The Balaban J connectivity index is 0.00000256. The number of anilines is 1. The van der Waals surface area contributed by atoms with Gasteiger partial charge >= 0.3 is 0 Å². The molecule has 4 rings (SSSR count). The summed E-state index contributed by atoms with van der Waals surface area (Å²) in [7, 11) is 0. The molecule has 1 aliphatic rings. The summed E-state index contributed by atoms with van der Waals surface area (Å²) in [5, 5.41) is 4.95. The highest BCUT2D eigenvalue weighted by Crippen LogP contribution is 2.32. The summed E-state index contributed by atoms with van der Waals surface area (Å²) in [6.45, 7) is 2.32. The van der Waals surface area contributed by atoms with Gasteiger partial charge in [0, 0.05) is 48.2 Å². The number of nitrogens with zero attached hydrogens (tertiary/aromatic N) is 3.